The van der Waals surface area contributed by atoms with Crippen molar-refractivity contribution in [3.63, 3.8) is 0 Å². The van der Waals surface area contributed by atoms with Crippen molar-refractivity contribution in [3.05, 3.63) is 141 Å². The molecule has 35 heavy (non-hydrogen) atoms. The van der Waals surface area contributed by atoms with E-state index in [1.165, 1.54) is 12.1 Å². The number of amides is 1. The molecule has 1 aliphatic rings. The Morgan fingerprint density at radius 2 is 1.40 bits per heavy atom. The summed E-state index contributed by atoms with van der Waals surface area (Å²) in [5.74, 6) is -0.262. The van der Waals surface area contributed by atoms with Crippen LogP contribution in [0, 0.1) is 10.1 Å². The first-order valence-electron chi connectivity index (χ1n) is 11.2. The van der Waals surface area contributed by atoms with Crippen molar-refractivity contribution in [1.82, 2.24) is 4.90 Å². The molecule has 0 N–H and O–H groups in total. The number of non-ortho nitro benzene ring substituents is 1. The Bertz CT molecular complexity index is 1380. The average Bonchev–Trinajstić information content (AvgIpc) is 2.87. The number of carbonyl (C=O) groups is 1. The van der Waals surface area contributed by atoms with Crippen LogP contribution in [0.25, 0.3) is 0 Å². The fraction of sp³-hybridized carbons (Fsp3) is 0.107. The van der Waals surface area contributed by atoms with Gasteiger partial charge in [-0.25, -0.2) is 0 Å². The maximum atomic E-state index is 13.9. The summed E-state index contributed by atoms with van der Waals surface area (Å²) >= 11 is 6.38. The quantitative estimate of drug-likeness (QED) is 0.228. The van der Waals surface area contributed by atoms with E-state index in [1.807, 2.05) is 78.9 Å². The molecule has 0 bridgehead atoms. The highest BCUT2D eigenvalue weighted by Crippen LogP contribution is 2.42. The second-order valence-corrected chi connectivity index (χ2v) is 8.86. The number of rotatable bonds is 6. The van der Waals surface area contributed by atoms with Gasteiger partial charge in [-0.05, 0) is 34.9 Å². The van der Waals surface area contributed by atoms with E-state index in [-0.39, 0.29) is 11.6 Å². The molecule has 1 aliphatic heterocycles. The van der Waals surface area contributed by atoms with Crippen LogP contribution in [0.15, 0.2) is 103 Å². The zero-order valence-corrected chi connectivity index (χ0v) is 19.5. The maximum Gasteiger partial charge on any atom is 0.270 e. The third-order valence-corrected chi connectivity index (χ3v) is 6.36. The van der Waals surface area contributed by atoms with Gasteiger partial charge in [-0.15, -0.1) is 0 Å². The van der Waals surface area contributed by atoms with Crippen molar-refractivity contribution < 1.29 is 9.72 Å². The molecule has 4 aromatic rings. The maximum absolute atomic E-state index is 13.9. The van der Waals surface area contributed by atoms with E-state index in [4.69, 9.17) is 11.6 Å². The Balaban J connectivity index is 1.70. The molecular weight excluding hydrogens is 462 g/mol. The molecule has 0 aliphatic carbocycles. The number of nitro benzene ring substituents is 1. The third kappa shape index (κ3) is 4.61. The summed E-state index contributed by atoms with van der Waals surface area (Å²) in [6.07, 6.45) is -0.462. The van der Waals surface area contributed by atoms with Gasteiger partial charge < -0.3 is 9.80 Å². The van der Waals surface area contributed by atoms with Crippen molar-refractivity contribution in [2.45, 2.75) is 19.3 Å². The molecule has 0 fully saturated rings. The van der Waals surface area contributed by atoms with Crippen molar-refractivity contribution >= 4 is 28.9 Å². The van der Waals surface area contributed by atoms with Gasteiger partial charge in [-0.1, -0.05) is 84.4 Å². The van der Waals surface area contributed by atoms with E-state index in [2.05, 4.69) is 4.90 Å². The van der Waals surface area contributed by atoms with Gasteiger partial charge in [0.05, 0.1) is 16.2 Å². The molecule has 0 unspecified atom stereocenters. The summed E-state index contributed by atoms with van der Waals surface area (Å²) < 4.78 is 0. The smallest absolute Gasteiger partial charge is 0.270 e. The van der Waals surface area contributed by atoms with Gasteiger partial charge in [0.1, 0.15) is 6.17 Å². The van der Waals surface area contributed by atoms with Crippen LogP contribution in [0.3, 0.4) is 0 Å². The highest BCUT2D eigenvalue weighted by atomic mass is 35.5. The van der Waals surface area contributed by atoms with Crippen LogP contribution in [0.4, 0.5) is 11.4 Å². The van der Waals surface area contributed by atoms with Crippen LogP contribution in [-0.4, -0.2) is 15.7 Å². The Hall–Kier alpha value is -4.16. The molecule has 1 amide bonds. The number of carbonyl (C=O) groups excluding carboxylic acids is 1. The molecule has 7 heteroatoms. The monoisotopic (exact) mass is 483 g/mol. The summed E-state index contributed by atoms with van der Waals surface area (Å²) in [6, 6.07) is 31.7. The number of nitro groups is 1. The summed E-state index contributed by atoms with van der Waals surface area (Å²) in [5.41, 5.74) is 3.72. The Morgan fingerprint density at radius 3 is 2.00 bits per heavy atom. The van der Waals surface area contributed by atoms with Crippen LogP contribution >= 0.6 is 11.6 Å². The standard InChI is InChI=1S/C28H22ClN3O3/c29-23-13-7-12-22(16-23)27-30(18-20-8-3-1-4-9-20)26-15-14-24(32(34)35)17-25(26)28(33)31(27)19-21-10-5-2-6-11-21/h1-17,27H,18-19H2/t27-/m0/s1. The normalized spacial score (nSPS) is 15.1. The van der Waals surface area contributed by atoms with Gasteiger partial charge >= 0.3 is 0 Å². The summed E-state index contributed by atoms with van der Waals surface area (Å²) in [4.78, 5) is 28.8. The molecule has 0 radical (unpaired) electrons. The first-order valence-corrected chi connectivity index (χ1v) is 11.6. The molecule has 0 aromatic heterocycles. The molecule has 174 valence electrons. The molecule has 0 saturated carbocycles. The Morgan fingerprint density at radius 1 is 0.771 bits per heavy atom. The fourth-order valence-electron chi connectivity index (χ4n) is 4.54. The van der Waals surface area contributed by atoms with Gasteiger partial charge in [0.25, 0.3) is 11.6 Å². The molecule has 1 atom stereocenters. The van der Waals surface area contributed by atoms with Gasteiger partial charge in [0.15, 0.2) is 0 Å². The van der Waals surface area contributed by atoms with E-state index >= 15 is 0 Å². The number of anilines is 1. The van der Waals surface area contributed by atoms with E-state index in [0.717, 1.165) is 16.7 Å². The molecule has 0 spiro atoms. The minimum Gasteiger partial charge on any atom is -0.342 e. The average molecular weight is 484 g/mol. The summed E-state index contributed by atoms with van der Waals surface area (Å²) in [5, 5.41) is 12.1. The molecule has 6 nitrogen and oxygen atoms in total. The molecule has 1 heterocycles. The molecule has 0 saturated heterocycles. The van der Waals surface area contributed by atoms with E-state index in [1.54, 1.807) is 17.0 Å². The second kappa shape index (κ2) is 9.60. The van der Waals surface area contributed by atoms with Gasteiger partial charge in [-0.3, -0.25) is 14.9 Å². The lowest BCUT2D eigenvalue weighted by molar-refractivity contribution is -0.384. The van der Waals surface area contributed by atoms with Crippen LogP contribution in [0.1, 0.15) is 33.2 Å². The number of halogens is 1. The Labute approximate surface area is 208 Å². The lowest BCUT2D eigenvalue weighted by Crippen LogP contribution is -2.48. The first kappa shape index (κ1) is 22.6. The van der Waals surface area contributed by atoms with Crippen molar-refractivity contribution in [1.29, 1.82) is 0 Å². The summed E-state index contributed by atoms with van der Waals surface area (Å²) in [7, 11) is 0. The lowest BCUT2D eigenvalue weighted by atomic mass is 9.98. The van der Waals surface area contributed by atoms with Gasteiger partial charge in [0, 0.05) is 30.2 Å². The second-order valence-electron chi connectivity index (χ2n) is 8.42. The number of fused-ring (bicyclic) bond motifs is 1. The van der Waals surface area contributed by atoms with Crippen LogP contribution < -0.4 is 4.90 Å². The zero-order chi connectivity index (χ0) is 24.4. The highest BCUT2D eigenvalue weighted by molar-refractivity contribution is 6.30. The largest absolute Gasteiger partial charge is 0.342 e. The topological polar surface area (TPSA) is 66.7 Å². The van der Waals surface area contributed by atoms with Crippen LogP contribution in [-0.2, 0) is 13.1 Å². The van der Waals surface area contributed by atoms with E-state index in [9.17, 15) is 14.9 Å². The number of nitrogens with zero attached hydrogens (tertiary/aromatic N) is 3. The first-order chi connectivity index (χ1) is 17.0. The molecular formula is C28H22ClN3O3. The van der Waals surface area contributed by atoms with Crippen molar-refractivity contribution in [2.75, 3.05) is 4.90 Å². The number of hydrogen-bond acceptors (Lipinski definition) is 4. The van der Waals surface area contributed by atoms with Crippen molar-refractivity contribution in [2.24, 2.45) is 0 Å². The lowest BCUT2D eigenvalue weighted by Gasteiger charge is -2.46. The number of hydrogen-bond donors (Lipinski definition) is 0. The van der Waals surface area contributed by atoms with Crippen molar-refractivity contribution in [3.8, 4) is 0 Å². The fourth-order valence-corrected chi connectivity index (χ4v) is 4.74. The minimum absolute atomic E-state index is 0.113. The predicted molar refractivity (Wildman–Crippen MR) is 136 cm³/mol. The van der Waals surface area contributed by atoms with Gasteiger partial charge in [0.2, 0.25) is 0 Å². The molecule has 4 aromatic carbocycles. The Kier molecular flexibility index (Phi) is 6.21. The SMILES string of the molecule is O=C1c2cc([N+](=O)[O-])ccc2N(Cc2ccccc2)[C@H](c2cccc(Cl)c2)N1Cc1ccccc1. The van der Waals surface area contributed by atoms with E-state index < -0.39 is 11.1 Å². The minimum atomic E-state index is -0.473. The third-order valence-electron chi connectivity index (χ3n) is 6.12. The van der Waals surface area contributed by atoms with Crippen LogP contribution in [0.5, 0.6) is 0 Å². The predicted octanol–water partition coefficient (Wildman–Crippen LogP) is 6.61. The zero-order valence-electron chi connectivity index (χ0n) is 18.8. The summed E-state index contributed by atoms with van der Waals surface area (Å²) in [6.45, 7) is 0.839. The molecule has 5 rings (SSSR count). The number of benzene rings is 4. The highest BCUT2D eigenvalue weighted by Gasteiger charge is 2.39. The van der Waals surface area contributed by atoms with Crippen LogP contribution in [0.2, 0.25) is 5.02 Å². The van der Waals surface area contributed by atoms with E-state index in [0.29, 0.717) is 29.4 Å². The van der Waals surface area contributed by atoms with Gasteiger partial charge in [-0.2, -0.15) is 0 Å².